The number of carbonyl (C=O) groups is 3. The van der Waals surface area contributed by atoms with Crippen LogP contribution in [0.3, 0.4) is 0 Å². The fourth-order valence-corrected chi connectivity index (χ4v) is 2.98. The Kier molecular flexibility index (Phi) is 6.18. The topological polar surface area (TPSA) is 84.9 Å². The largest absolute Gasteiger partial charge is 0.490 e. The fraction of sp³-hybridized carbons (Fsp3) is 0.174. The number of benzene rings is 2. The van der Waals surface area contributed by atoms with Crippen molar-refractivity contribution in [3.8, 4) is 23.8 Å². The number of urea groups is 1. The van der Waals surface area contributed by atoms with E-state index in [4.69, 9.17) is 15.9 Å². The Hall–Kier alpha value is -4.05. The molecule has 0 spiro atoms. The predicted octanol–water partition coefficient (Wildman–Crippen LogP) is 3.07. The smallest absolute Gasteiger partial charge is 0.335 e. The first-order valence-electron chi connectivity index (χ1n) is 9.26. The number of terminal acetylenes is 1. The van der Waals surface area contributed by atoms with Crippen molar-refractivity contribution in [1.82, 2.24) is 5.32 Å². The average Bonchev–Trinajstić information content (AvgIpc) is 2.72. The SMILES string of the molecule is C#CCOc1ccc(/C=C2\C(=O)NC(=O)N(c3ccccc3C)C2=O)cc1OCC. The van der Waals surface area contributed by atoms with Gasteiger partial charge in [-0.3, -0.25) is 14.9 Å². The molecule has 30 heavy (non-hydrogen) atoms. The maximum atomic E-state index is 13.0. The Morgan fingerprint density at radius 1 is 1.10 bits per heavy atom. The summed E-state index contributed by atoms with van der Waals surface area (Å²) in [5, 5.41) is 2.22. The average molecular weight is 404 g/mol. The van der Waals surface area contributed by atoms with Gasteiger partial charge in [0, 0.05) is 0 Å². The molecule has 1 saturated heterocycles. The van der Waals surface area contributed by atoms with Gasteiger partial charge in [0.05, 0.1) is 12.3 Å². The predicted molar refractivity (Wildman–Crippen MR) is 112 cm³/mol. The lowest BCUT2D eigenvalue weighted by Crippen LogP contribution is -2.54. The van der Waals surface area contributed by atoms with E-state index in [1.165, 1.54) is 6.08 Å². The van der Waals surface area contributed by atoms with Crippen LogP contribution in [-0.4, -0.2) is 31.1 Å². The van der Waals surface area contributed by atoms with Crippen molar-refractivity contribution in [3.05, 3.63) is 59.2 Å². The van der Waals surface area contributed by atoms with E-state index in [1.54, 1.807) is 49.4 Å². The minimum absolute atomic E-state index is 0.0783. The Morgan fingerprint density at radius 2 is 1.87 bits per heavy atom. The number of nitrogens with one attached hydrogen (secondary N) is 1. The summed E-state index contributed by atoms with van der Waals surface area (Å²) in [6.45, 7) is 4.06. The number of anilines is 1. The van der Waals surface area contributed by atoms with E-state index < -0.39 is 17.8 Å². The number of amides is 4. The first-order valence-corrected chi connectivity index (χ1v) is 9.26. The highest BCUT2D eigenvalue weighted by Crippen LogP contribution is 2.30. The highest BCUT2D eigenvalue weighted by Gasteiger charge is 2.37. The highest BCUT2D eigenvalue weighted by atomic mass is 16.5. The molecule has 4 amide bonds. The summed E-state index contributed by atoms with van der Waals surface area (Å²) < 4.78 is 11.0. The zero-order valence-electron chi connectivity index (χ0n) is 16.6. The van der Waals surface area contributed by atoms with Crippen LogP contribution in [0.15, 0.2) is 48.0 Å². The summed E-state index contributed by atoms with van der Waals surface area (Å²) in [6.07, 6.45) is 6.63. The third-order valence-electron chi connectivity index (χ3n) is 4.35. The Morgan fingerprint density at radius 3 is 2.57 bits per heavy atom. The Balaban J connectivity index is 1.99. The summed E-state index contributed by atoms with van der Waals surface area (Å²) in [5.74, 6) is 1.79. The molecule has 1 fully saturated rings. The molecule has 0 radical (unpaired) electrons. The van der Waals surface area contributed by atoms with Crippen LogP contribution in [0, 0.1) is 19.3 Å². The third kappa shape index (κ3) is 4.18. The molecule has 7 heteroatoms. The van der Waals surface area contributed by atoms with Gasteiger partial charge in [0.1, 0.15) is 12.2 Å². The quantitative estimate of drug-likeness (QED) is 0.454. The number of rotatable bonds is 6. The number of para-hydroxylation sites is 1. The summed E-state index contributed by atoms with van der Waals surface area (Å²) in [6, 6.07) is 11.1. The number of carbonyl (C=O) groups excluding carboxylic acids is 3. The van der Waals surface area contributed by atoms with Crippen molar-refractivity contribution in [1.29, 1.82) is 0 Å². The minimum Gasteiger partial charge on any atom is -0.490 e. The van der Waals surface area contributed by atoms with Crippen molar-refractivity contribution in [2.45, 2.75) is 13.8 Å². The van der Waals surface area contributed by atoms with Crippen LogP contribution in [0.5, 0.6) is 11.5 Å². The van der Waals surface area contributed by atoms with Gasteiger partial charge in [0.15, 0.2) is 11.5 Å². The van der Waals surface area contributed by atoms with Crippen LogP contribution < -0.4 is 19.7 Å². The maximum Gasteiger partial charge on any atom is 0.335 e. The number of nitrogens with zero attached hydrogens (tertiary/aromatic N) is 1. The van der Waals surface area contributed by atoms with E-state index in [0.29, 0.717) is 29.4 Å². The molecule has 0 aliphatic carbocycles. The summed E-state index contributed by atoms with van der Waals surface area (Å²) in [7, 11) is 0. The molecule has 152 valence electrons. The third-order valence-corrected chi connectivity index (χ3v) is 4.35. The normalized spacial score (nSPS) is 15.0. The molecule has 2 aromatic carbocycles. The van der Waals surface area contributed by atoms with Gasteiger partial charge in [-0.15, -0.1) is 6.42 Å². The van der Waals surface area contributed by atoms with Crippen LogP contribution in [-0.2, 0) is 9.59 Å². The molecule has 0 saturated carbocycles. The molecule has 3 rings (SSSR count). The van der Waals surface area contributed by atoms with Crippen molar-refractivity contribution in [3.63, 3.8) is 0 Å². The van der Waals surface area contributed by atoms with Crippen LogP contribution >= 0.6 is 0 Å². The summed E-state index contributed by atoms with van der Waals surface area (Å²) >= 11 is 0. The van der Waals surface area contributed by atoms with Crippen LogP contribution in [0.25, 0.3) is 6.08 Å². The molecular formula is C23H20N2O5. The second-order valence-electron chi connectivity index (χ2n) is 6.38. The van der Waals surface area contributed by atoms with Crippen molar-refractivity contribution in [2.24, 2.45) is 0 Å². The van der Waals surface area contributed by atoms with E-state index in [-0.39, 0.29) is 12.2 Å². The van der Waals surface area contributed by atoms with E-state index >= 15 is 0 Å². The number of barbiturate groups is 1. The van der Waals surface area contributed by atoms with E-state index in [2.05, 4.69) is 11.2 Å². The van der Waals surface area contributed by atoms with Gasteiger partial charge in [0.25, 0.3) is 11.8 Å². The van der Waals surface area contributed by atoms with Crippen molar-refractivity contribution in [2.75, 3.05) is 18.1 Å². The monoisotopic (exact) mass is 404 g/mol. The fourth-order valence-electron chi connectivity index (χ4n) is 2.98. The van der Waals surface area contributed by atoms with Gasteiger partial charge in [-0.25, -0.2) is 9.69 Å². The van der Waals surface area contributed by atoms with E-state index in [9.17, 15) is 14.4 Å². The zero-order valence-corrected chi connectivity index (χ0v) is 16.6. The van der Waals surface area contributed by atoms with E-state index in [0.717, 1.165) is 10.5 Å². The highest BCUT2D eigenvalue weighted by molar-refractivity contribution is 6.39. The molecule has 0 atom stereocenters. The van der Waals surface area contributed by atoms with Crippen molar-refractivity contribution >= 4 is 29.6 Å². The van der Waals surface area contributed by atoms with Crippen LogP contribution in [0.4, 0.5) is 10.5 Å². The number of imide groups is 2. The van der Waals surface area contributed by atoms with Crippen LogP contribution in [0.1, 0.15) is 18.1 Å². The molecule has 0 unspecified atom stereocenters. The van der Waals surface area contributed by atoms with Gasteiger partial charge in [-0.1, -0.05) is 30.2 Å². The van der Waals surface area contributed by atoms with Gasteiger partial charge in [-0.2, -0.15) is 0 Å². The lowest BCUT2D eigenvalue weighted by molar-refractivity contribution is -0.122. The molecule has 0 bridgehead atoms. The number of hydrogen-bond acceptors (Lipinski definition) is 5. The number of aryl methyl sites for hydroxylation is 1. The molecular weight excluding hydrogens is 384 g/mol. The first kappa shape index (κ1) is 20.7. The van der Waals surface area contributed by atoms with Gasteiger partial charge < -0.3 is 9.47 Å². The molecule has 1 aliphatic rings. The molecule has 1 heterocycles. The maximum absolute atomic E-state index is 13.0. The Bertz CT molecular complexity index is 1080. The Labute approximate surface area is 174 Å². The molecule has 1 N–H and O–H groups in total. The molecule has 7 nitrogen and oxygen atoms in total. The lowest BCUT2D eigenvalue weighted by atomic mass is 10.1. The minimum atomic E-state index is -0.788. The molecule has 1 aliphatic heterocycles. The molecule has 0 aromatic heterocycles. The first-order chi connectivity index (χ1) is 14.5. The van der Waals surface area contributed by atoms with Gasteiger partial charge >= 0.3 is 6.03 Å². The molecule has 2 aromatic rings. The number of hydrogen-bond donors (Lipinski definition) is 1. The number of ether oxygens (including phenoxy) is 2. The standard InChI is InChI=1S/C23H20N2O5/c1-4-12-30-19-11-10-16(14-20(19)29-5-2)13-17-21(26)24-23(28)25(22(17)27)18-9-7-6-8-15(18)3/h1,6-11,13-14H,5,12H2,2-3H3,(H,24,26,28)/b17-13+. The van der Waals surface area contributed by atoms with Gasteiger partial charge in [-0.05, 0) is 49.2 Å². The summed E-state index contributed by atoms with van der Waals surface area (Å²) in [5.41, 5.74) is 1.50. The van der Waals surface area contributed by atoms with E-state index in [1.807, 2.05) is 6.92 Å². The zero-order chi connectivity index (χ0) is 21.7. The second kappa shape index (κ2) is 8.97. The van der Waals surface area contributed by atoms with Crippen LogP contribution in [0.2, 0.25) is 0 Å². The van der Waals surface area contributed by atoms with Crippen molar-refractivity contribution < 1.29 is 23.9 Å². The second-order valence-corrected chi connectivity index (χ2v) is 6.38. The van der Waals surface area contributed by atoms with Gasteiger partial charge in [0.2, 0.25) is 0 Å². The lowest BCUT2D eigenvalue weighted by Gasteiger charge is -2.27. The summed E-state index contributed by atoms with van der Waals surface area (Å²) in [4.78, 5) is 38.7.